The van der Waals surface area contributed by atoms with Crippen LogP contribution in [0.15, 0.2) is 42.5 Å². The van der Waals surface area contributed by atoms with Crippen molar-refractivity contribution in [2.45, 2.75) is 0 Å². The Hall–Kier alpha value is -2.40. The summed E-state index contributed by atoms with van der Waals surface area (Å²) >= 11 is 0. The Kier molecular flexibility index (Phi) is 4.68. The van der Waals surface area contributed by atoms with Gasteiger partial charge in [-0.15, -0.1) is 0 Å². The summed E-state index contributed by atoms with van der Waals surface area (Å²) in [7, 11) is 1.56. The molecule has 104 valence electrons. The lowest BCUT2D eigenvalue weighted by Crippen LogP contribution is -2.36. The minimum atomic E-state index is -0.176. The summed E-state index contributed by atoms with van der Waals surface area (Å²) in [6.07, 6.45) is 0. The van der Waals surface area contributed by atoms with Crippen LogP contribution >= 0.6 is 0 Å². The molecule has 0 aliphatic heterocycles. The molecular formula is C15H17N3O2. The van der Waals surface area contributed by atoms with Gasteiger partial charge in [0.15, 0.2) is 0 Å². The molecule has 0 saturated carbocycles. The van der Waals surface area contributed by atoms with Crippen LogP contribution in [0.25, 0.3) is 10.8 Å². The van der Waals surface area contributed by atoms with Gasteiger partial charge in [0.05, 0.1) is 13.1 Å². The maximum atomic E-state index is 11.8. The average molecular weight is 271 g/mol. The van der Waals surface area contributed by atoms with E-state index in [4.69, 9.17) is 0 Å². The maximum absolute atomic E-state index is 11.8. The fourth-order valence-corrected chi connectivity index (χ4v) is 1.91. The van der Waals surface area contributed by atoms with Crippen molar-refractivity contribution in [1.29, 1.82) is 0 Å². The molecule has 0 aliphatic carbocycles. The smallest absolute Gasteiger partial charge is 0.238 e. The Balaban J connectivity index is 1.98. The number of benzene rings is 2. The molecule has 5 nitrogen and oxygen atoms in total. The van der Waals surface area contributed by atoms with E-state index in [0.717, 1.165) is 16.5 Å². The lowest BCUT2D eigenvalue weighted by atomic mass is 10.1. The van der Waals surface area contributed by atoms with E-state index in [1.54, 1.807) is 7.05 Å². The molecule has 2 amide bonds. The number of anilines is 1. The second kappa shape index (κ2) is 6.68. The molecule has 0 aliphatic rings. The van der Waals surface area contributed by atoms with E-state index in [0.29, 0.717) is 0 Å². The van der Waals surface area contributed by atoms with Gasteiger partial charge in [0, 0.05) is 18.1 Å². The summed E-state index contributed by atoms with van der Waals surface area (Å²) in [6.45, 7) is 0.218. The van der Waals surface area contributed by atoms with E-state index in [-0.39, 0.29) is 24.9 Å². The van der Waals surface area contributed by atoms with Crippen LogP contribution in [0.4, 0.5) is 5.69 Å². The molecule has 2 rings (SSSR count). The van der Waals surface area contributed by atoms with Crippen LogP contribution in [0, 0.1) is 0 Å². The number of likely N-dealkylation sites (N-methyl/N-ethyl adjacent to an activating group) is 1. The molecular weight excluding hydrogens is 254 g/mol. The largest absolute Gasteiger partial charge is 0.358 e. The van der Waals surface area contributed by atoms with Crippen LogP contribution in [0.2, 0.25) is 0 Å². The molecule has 20 heavy (non-hydrogen) atoms. The number of hydrogen-bond acceptors (Lipinski definition) is 3. The van der Waals surface area contributed by atoms with Gasteiger partial charge in [0.25, 0.3) is 0 Å². The van der Waals surface area contributed by atoms with Crippen LogP contribution in [0.3, 0.4) is 0 Å². The van der Waals surface area contributed by atoms with E-state index >= 15 is 0 Å². The van der Waals surface area contributed by atoms with Gasteiger partial charge in [-0.25, -0.2) is 0 Å². The maximum Gasteiger partial charge on any atom is 0.238 e. The predicted molar refractivity (Wildman–Crippen MR) is 79.5 cm³/mol. The van der Waals surface area contributed by atoms with Crippen molar-refractivity contribution in [2.24, 2.45) is 0 Å². The van der Waals surface area contributed by atoms with Crippen molar-refractivity contribution in [2.75, 3.05) is 25.5 Å². The molecule has 0 radical (unpaired) electrons. The molecule has 0 fully saturated rings. The minimum absolute atomic E-state index is 0.0939. The van der Waals surface area contributed by atoms with E-state index in [9.17, 15) is 9.59 Å². The van der Waals surface area contributed by atoms with Gasteiger partial charge in [-0.2, -0.15) is 0 Å². The summed E-state index contributed by atoms with van der Waals surface area (Å²) in [4.78, 5) is 22.8. The third kappa shape index (κ3) is 3.55. The van der Waals surface area contributed by atoms with Crippen LogP contribution in [-0.2, 0) is 9.59 Å². The van der Waals surface area contributed by atoms with Gasteiger partial charge in [-0.1, -0.05) is 36.4 Å². The number of hydrogen-bond donors (Lipinski definition) is 3. The first-order chi connectivity index (χ1) is 9.70. The number of carbonyl (C=O) groups is 2. The molecule has 2 aromatic rings. The van der Waals surface area contributed by atoms with Crippen molar-refractivity contribution in [3.8, 4) is 0 Å². The normalized spacial score (nSPS) is 10.2. The van der Waals surface area contributed by atoms with Crippen LogP contribution in [0.5, 0.6) is 0 Å². The average Bonchev–Trinajstić information content (AvgIpc) is 2.47. The molecule has 0 spiro atoms. The van der Waals surface area contributed by atoms with Gasteiger partial charge in [-0.05, 0) is 11.5 Å². The summed E-state index contributed by atoms with van der Waals surface area (Å²) in [5, 5.41) is 10.2. The van der Waals surface area contributed by atoms with Gasteiger partial charge in [0.1, 0.15) is 0 Å². The van der Waals surface area contributed by atoms with Gasteiger partial charge < -0.3 is 10.6 Å². The first-order valence-electron chi connectivity index (χ1n) is 6.39. The van der Waals surface area contributed by atoms with Crippen molar-refractivity contribution >= 4 is 28.3 Å². The summed E-state index contributed by atoms with van der Waals surface area (Å²) in [6, 6.07) is 13.6. The highest BCUT2D eigenvalue weighted by Gasteiger charge is 2.06. The second-order valence-corrected chi connectivity index (χ2v) is 4.35. The molecule has 2 aromatic carbocycles. The Morgan fingerprint density at radius 2 is 1.65 bits per heavy atom. The summed E-state index contributed by atoms with van der Waals surface area (Å²) in [5.41, 5.74) is 0.773. The zero-order valence-electron chi connectivity index (χ0n) is 11.3. The lowest BCUT2D eigenvalue weighted by molar-refractivity contribution is -0.119. The van der Waals surface area contributed by atoms with E-state index in [1.165, 1.54) is 0 Å². The minimum Gasteiger partial charge on any atom is -0.358 e. The van der Waals surface area contributed by atoms with Crippen LogP contribution < -0.4 is 16.0 Å². The molecule has 0 bridgehead atoms. The Morgan fingerprint density at radius 1 is 0.950 bits per heavy atom. The molecule has 0 saturated heterocycles. The number of fused-ring (bicyclic) bond motifs is 1. The van der Waals surface area contributed by atoms with Crippen LogP contribution in [-0.4, -0.2) is 32.0 Å². The highest BCUT2D eigenvalue weighted by molar-refractivity contribution is 6.02. The predicted octanol–water partition coefficient (Wildman–Crippen LogP) is 1.11. The monoisotopic (exact) mass is 271 g/mol. The molecule has 3 N–H and O–H groups in total. The molecule has 0 unspecified atom stereocenters. The number of rotatable bonds is 5. The van der Waals surface area contributed by atoms with E-state index in [2.05, 4.69) is 16.0 Å². The molecule has 5 heteroatoms. The van der Waals surface area contributed by atoms with Crippen molar-refractivity contribution < 1.29 is 9.59 Å². The Bertz CT molecular complexity index is 620. The fraction of sp³-hybridized carbons (Fsp3) is 0.200. The van der Waals surface area contributed by atoms with Gasteiger partial charge >= 0.3 is 0 Å². The topological polar surface area (TPSA) is 70.2 Å². The van der Waals surface area contributed by atoms with Crippen molar-refractivity contribution in [1.82, 2.24) is 10.6 Å². The SMILES string of the molecule is CNC(=O)CNCC(=O)Nc1cccc2ccccc12. The van der Waals surface area contributed by atoms with E-state index < -0.39 is 0 Å². The third-order valence-corrected chi connectivity index (χ3v) is 2.91. The number of amides is 2. The molecule has 0 heterocycles. The molecule has 0 atom stereocenters. The zero-order chi connectivity index (χ0) is 14.4. The van der Waals surface area contributed by atoms with Crippen LogP contribution in [0.1, 0.15) is 0 Å². The standard InChI is InChI=1S/C15H17N3O2/c1-16-14(19)9-17-10-15(20)18-13-8-4-6-11-5-2-3-7-12(11)13/h2-8,17H,9-10H2,1H3,(H,16,19)(H,18,20). The second-order valence-electron chi connectivity index (χ2n) is 4.35. The Labute approximate surface area is 117 Å². The zero-order valence-corrected chi connectivity index (χ0v) is 11.3. The Morgan fingerprint density at radius 3 is 2.45 bits per heavy atom. The third-order valence-electron chi connectivity index (χ3n) is 2.91. The first kappa shape index (κ1) is 14.0. The number of nitrogens with one attached hydrogen (secondary N) is 3. The molecule has 0 aromatic heterocycles. The van der Waals surface area contributed by atoms with E-state index in [1.807, 2.05) is 42.5 Å². The van der Waals surface area contributed by atoms with Crippen molar-refractivity contribution in [3.63, 3.8) is 0 Å². The number of carbonyl (C=O) groups excluding carboxylic acids is 2. The summed E-state index contributed by atoms with van der Waals surface area (Å²) in [5.74, 6) is -0.326. The fourth-order valence-electron chi connectivity index (χ4n) is 1.91. The van der Waals surface area contributed by atoms with Gasteiger partial charge in [-0.3, -0.25) is 14.9 Å². The quantitative estimate of drug-likeness (QED) is 0.763. The highest BCUT2D eigenvalue weighted by Crippen LogP contribution is 2.22. The van der Waals surface area contributed by atoms with Crippen molar-refractivity contribution in [3.05, 3.63) is 42.5 Å². The lowest BCUT2D eigenvalue weighted by Gasteiger charge is -2.09. The first-order valence-corrected chi connectivity index (χ1v) is 6.39. The highest BCUT2D eigenvalue weighted by atomic mass is 16.2. The van der Waals surface area contributed by atoms with Gasteiger partial charge in [0.2, 0.25) is 11.8 Å². The summed E-state index contributed by atoms with van der Waals surface area (Å²) < 4.78 is 0.